The predicted molar refractivity (Wildman–Crippen MR) is 99.5 cm³/mol. The highest BCUT2D eigenvalue weighted by Gasteiger charge is 2.96. The molecule has 0 saturated heterocycles. The Morgan fingerprint density at radius 1 is 0.524 bits per heavy atom. The van der Waals surface area contributed by atoms with Gasteiger partial charge in [-0.25, -0.2) is 8.78 Å². The average molecular weight is 672 g/mol. The van der Waals surface area contributed by atoms with Crippen LogP contribution in [0.25, 0.3) is 0 Å². The Morgan fingerprint density at radius 2 is 0.857 bits per heavy atom. The van der Waals surface area contributed by atoms with Crippen LogP contribution >= 0.6 is 0 Å². The summed E-state index contributed by atoms with van der Waals surface area (Å²) in [5.41, 5.74) is 0. The Bertz CT molecular complexity index is 898. The first-order chi connectivity index (χ1) is 18.4. The summed E-state index contributed by atoms with van der Waals surface area (Å²) in [4.78, 5) is 11.4. The van der Waals surface area contributed by atoms with Crippen molar-refractivity contribution in [3.05, 3.63) is 0 Å². The van der Waals surface area contributed by atoms with Gasteiger partial charge in [-0.1, -0.05) is 39.0 Å². The smallest absolute Gasteiger partial charge is 0.385 e. The number of ether oxygens (including phenoxy) is 1. The molecular formula is C20H20F20O2. The van der Waals surface area contributed by atoms with Gasteiger partial charge in [0.2, 0.25) is 0 Å². The Labute approximate surface area is 222 Å². The maximum atomic E-state index is 13.8. The Balaban J connectivity index is 6.24. The number of carbonyl (C=O) groups is 1. The third kappa shape index (κ3) is 6.45. The first kappa shape index (κ1) is 40.1. The minimum absolute atomic E-state index is 0.177. The summed E-state index contributed by atoms with van der Waals surface area (Å²) in [6, 6.07) is 0. The Kier molecular flexibility index (Phi) is 12.0. The lowest BCUT2D eigenvalue weighted by Gasteiger charge is -2.44. The molecule has 0 unspecified atom stereocenters. The number of esters is 1. The molecule has 0 aromatic heterocycles. The van der Waals surface area contributed by atoms with Crippen molar-refractivity contribution in [3.8, 4) is 0 Å². The van der Waals surface area contributed by atoms with Crippen molar-refractivity contribution in [1.29, 1.82) is 0 Å². The fourth-order valence-electron chi connectivity index (χ4n) is 2.95. The van der Waals surface area contributed by atoms with Gasteiger partial charge >= 0.3 is 65.7 Å². The third-order valence-electron chi connectivity index (χ3n) is 5.67. The van der Waals surface area contributed by atoms with E-state index in [4.69, 9.17) is 0 Å². The van der Waals surface area contributed by atoms with E-state index in [-0.39, 0.29) is 12.8 Å². The maximum absolute atomic E-state index is 13.8. The van der Waals surface area contributed by atoms with Crippen LogP contribution in [0.2, 0.25) is 0 Å². The van der Waals surface area contributed by atoms with Crippen LogP contribution in [-0.2, 0) is 9.53 Å². The molecule has 0 fully saturated rings. The molecule has 0 amide bonds. The van der Waals surface area contributed by atoms with Crippen LogP contribution in [0.4, 0.5) is 87.8 Å². The maximum Gasteiger partial charge on any atom is 0.385 e. The molecule has 22 heteroatoms. The van der Waals surface area contributed by atoms with Gasteiger partial charge in [0.1, 0.15) is 0 Å². The van der Waals surface area contributed by atoms with Gasteiger partial charge in [-0.05, 0) is 6.42 Å². The average Bonchev–Trinajstić information content (AvgIpc) is 2.83. The third-order valence-corrected chi connectivity index (χ3v) is 5.67. The van der Waals surface area contributed by atoms with Gasteiger partial charge in [0, 0.05) is 6.42 Å². The SMILES string of the molecule is CCCCCCCCC(=O)OCC(F)(F)C(F)(F)C(F)(F)C(F)(F)C(F)(F)C(F)(F)C(F)(F)C(F)(F)C(F)(F)C(F)F. The molecule has 0 aliphatic rings. The molecule has 0 aliphatic carbocycles. The molecule has 0 atom stereocenters. The second kappa shape index (κ2) is 12.6. The normalized spacial score (nSPS) is 15.4. The van der Waals surface area contributed by atoms with Crippen molar-refractivity contribution in [1.82, 2.24) is 0 Å². The molecule has 0 aromatic rings. The van der Waals surface area contributed by atoms with Crippen LogP contribution in [0.1, 0.15) is 51.9 Å². The molecule has 0 aliphatic heterocycles. The summed E-state index contributed by atoms with van der Waals surface area (Å²) in [6.07, 6.45) is -4.36. The number of rotatable bonds is 18. The van der Waals surface area contributed by atoms with Crippen molar-refractivity contribution >= 4 is 5.97 Å². The number of halogens is 20. The van der Waals surface area contributed by atoms with E-state index in [1.807, 2.05) is 6.92 Å². The highest BCUT2D eigenvalue weighted by Crippen LogP contribution is 2.65. The number of unbranched alkanes of at least 4 members (excludes halogenated alkanes) is 5. The van der Waals surface area contributed by atoms with Crippen LogP contribution in [0.5, 0.6) is 0 Å². The molecule has 0 rings (SSSR count). The molecule has 0 bridgehead atoms. The molecule has 0 heterocycles. The standard InChI is InChI=1S/C20H20F20O2/c1-2-3-4-5-6-7-8-10(41)42-9-12(23,24)14(27,28)16(31,32)18(35,36)20(39,40)19(37,38)17(33,34)15(29,30)13(25,26)11(21)22/h11H,2-9H2,1H3. The highest BCUT2D eigenvalue weighted by atomic mass is 19.4. The zero-order chi connectivity index (χ0) is 34.0. The summed E-state index contributed by atoms with van der Waals surface area (Å²) in [7, 11) is 0. The van der Waals surface area contributed by atoms with E-state index in [1.54, 1.807) is 0 Å². The fourth-order valence-corrected chi connectivity index (χ4v) is 2.95. The van der Waals surface area contributed by atoms with Gasteiger partial charge in [0.15, 0.2) is 6.61 Å². The van der Waals surface area contributed by atoms with Gasteiger partial charge in [-0.2, -0.15) is 79.0 Å². The lowest BCUT2D eigenvalue weighted by Crippen LogP contribution is -2.76. The first-order valence-electron chi connectivity index (χ1n) is 11.2. The number of alkyl halides is 20. The highest BCUT2D eigenvalue weighted by molar-refractivity contribution is 5.69. The van der Waals surface area contributed by atoms with Crippen molar-refractivity contribution in [2.45, 2.75) is 112 Å². The molecule has 42 heavy (non-hydrogen) atoms. The van der Waals surface area contributed by atoms with Gasteiger partial charge in [-0.3, -0.25) is 4.79 Å². The Morgan fingerprint density at radius 3 is 1.24 bits per heavy atom. The van der Waals surface area contributed by atoms with E-state index < -0.39 is 78.7 Å². The largest absolute Gasteiger partial charge is 0.459 e. The zero-order valence-corrected chi connectivity index (χ0v) is 20.6. The van der Waals surface area contributed by atoms with Crippen LogP contribution in [-0.4, -0.2) is 72.3 Å². The van der Waals surface area contributed by atoms with Crippen molar-refractivity contribution in [3.63, 3.8) is 0 Å². The summed E-state index contributed by atoms with van der Waals surface area (Å²) < 4.78 is 271. The lowest BCUT2D eigenvalue weighted by molar-refractivity contribution is -0.465. The van der Waals surface area contributed by atoms with E-state index in [0.29, 0.717) is 12.8 Å². The van der Waals surface area contributed by atoms with Crippen molar-refractivity contribution in [2.24, 2.45) is 0 Å². The number of hydrogen-bond acceptors (Lipinski definition) is 2. The van der Waals surface area contributed by atoms with E-state index in [1.165, 1.54) is 0 Å². The predicted octanol–water partition coefficient (Wildman–Crippen LogP) is 9.26. The molecule has 2 nitrogen and oxygen atoms in total. The summed E-state index contributed by atoms with van der Waals surface area (Å²) in [5.74, 6) is -77.6. The van der Waals surface area contributed by atoms with Gasteiger partial charge in [0.25, 0.3) is 0 Å². The fraction of sp³-hybridized carbons (Fsp3) is 0.950. The topological polar surface area (TPSA) is 26.3 Å². The monoisotopic (exact) mass is 672 g/mol. The Hall–Kier alpha value is -1.93. The minimum atomic E-state index is -9.07. The molecule has 252 valence electrons. The number of carbonyl (C=O) groups excluding carboxylic acids is 1. The molecule has 0 aromatic carbocycles. The van der Waals surface area contributed by atoms with Crippen molar-refractivity contribution in [2.75, 3.05) is 6.61 Å². The quantitative estimate of drug-likeness (QED) is 0.0825. The van der Waals surface area contributed by atoms with Gasteiger partial charge in [-0.15, -0.1) is 0 Å². The van der Waals surface area contributed by atoms with E-state index >= 15 is 0 Å². The van der Waals surface area contributed by atoms with Crippen LogP contribution in [0, 0.1) is 0 Å². The minimum Gasteiger partial charge on any atom is -0.459 e. The zero-order valence-electron chi connectivity index (χ0n) is 20.6. The van der Waals surface area contributed by atoms with Crippen molar-refractivity contribution < 1.29 is 97.3 Å². The molecule has 0 saturated carbocycles. The van der Waals surface area contributed by atoms with Crippen LogP contribution in [0.15, 0.2) is 0 Å². The molecule has 0 N–H and O–H groups in total. The van der Waals surface area contributed by atoms with E-state index in [9.17, 15) is 92.6 Å². The molecule has 0 spiro atoms. The van der Waals surface area contributed by atoms with E-state index in [0.717, 1.165) is 12.8 Å². The molecule has 0 radical (unpaired) electrons. The first-order valence-corrected chi connectivity index (χ1v) is 11.2. The summed E-state index contributed by atoms with van der Waals surface area (Å²) >= 11 is 0. The molecular weight excluding hydrogens is 652 g/mol. The summed E-state index contributed by atoms with van der Waals surface area (Å²) in [5, 5.41) is 0. The second-order valence-corrected chi connectivity index (χ2v) is 8.83. The number of hydrogen-bond donors (Lipinski definition) is 0. The lowest BCUT2D eigenvalue weighted by atomic mass is 9.86. The van der Waals surface area contributed by atoms with E-state index in [2.05, 4.69) is 4.74 Å². The van der Waals surface area contributed by atoms with Gasteiger partial charge < -0.3 is 4.74 Å². The summed E-state index contributed by atoms with van der Waals surface area (Å²) in [6.45, 7) is -1.51. The second-order valence-electron chi connectivity index (χ2n) is 8.83. The van der Waals surface area contributed by atoms with Crippen LogP contribution in [0.3, 0.4) is 0 Å². The van der Waals surface area contributed by atoms with Gasteiger partial charge in [0.05, 0.1) is 0 Å². The van der Waals surface area contributed by atoms with Crippen LogP contribution < -0.4 is 0 Å².